The summed E-state index contributed by atoms with van der Waals surface area (Å²) in [5.74, 6) is 0.475. The molecule has 2 aromatic carbocycles. The molecule has 5 nitrogen and oxygen atoms in total. The molecule has 0 aliphatic carbocycles. The van der Waals surface area contributed by atoms with Gasteiger partial charge in [-0.05, 0) is 74.5 Å². The molecule has 3 aromatic rings. The van der Waals surface area contributed by atoms with Gasteiger partial charge in [-0.2, -0.15) is 0 Å². The Morgan fingerprint density at radius 3 is 2.30 bits per heavy atom. The van der Waals surface area contributed by atoms with E-state index in [1.807, 2.05) is 38.1 Å². The molecular formula is C21H20ClN3O2. The molecule has 0 spiro atoms. The summed E-state index contributed by atoms with van der Waals surface area (Å²) in [5, 5.41) is 6.72. The first-order valence-corrected chi connectivity index (χ1v) is 8.94. The van der Waals surface area contributed by atoms with Crippen LogP contribution < -0.4 is 15.4 Å². The van der Waals surface area contributed by atoms with Crippen molar-refractivity contribution in [3.8, 4) is 5.75 Å². The fourth-order valence-corrected chi connectivity index (χ4v) is 2.54. The third-order valence-electron chi connectivity index (χ3n) is 3.61. The molecule has 0 radical (unpaired) electrons. The van der Waals surface area contributed by atoms with Gasteiger partial charge < -0.3 is 15.4 Å². The number of hydrogen-bond acceptors (Lipinski definition) is 4. The zero-order chi connectivity index (χ0) is 19.2. The molecule has 3 rings (SSSR count). The van der Waals surface area contributed by atoms with Crippen LogP contribution in [0.4, 0.5) is 17.1 Å². The normalized spacial score (nSPS) is 10.5. The predicted molar refractivity (Wildman–Crippen MR) is 109 cm³/mol. The van der Waals surface area contributed by atoms with Crippen LogP contribution in [0, 0.1) is 0 Å². The van der Waals surface area contributed by atoms with E-state index in [4.69, 9.17) is 16.3 Å². The lowest BCUT2D eigenvalue weighted by atomic mass is 10.2. The Morgan fingerprint density at radius 1 is 0.963 bits per heavy atom. The number of ether oxygens (including phenoxy) is 1. The number of hydrogen-bond donors (Lipinski definition) is 2. The van der Waals surface area contributed by atoms with Crippen LogP contribution in [0.25, 0.3) is 0 Å². The molecule has 1 heterocycles. The average Bonchev–Trinajstić information content (AvgIpc) is 2.65. The van der Waals surface area contributed by atoms with E-state index in [1.165, 1.54) is 0 Å². The lowest BCUT2D eigenvalue weighted by Gasteiger charge is -2.11. The molecule has 0 aliphatic heterocycles. The molecule has 27 heavy (non-hydrogen) atoms. The molecule has 1 amide bonds. The Kier molecular flexibility index (Phi) is 5.94. The smallest absolute Gasteiger partial charge is 0.274 e. The number of carbonyl (C=O) groups is 1. The number of rotatable bonds is 6. The van der Waals surface area contributed by atoms with E-state index in [0.717, 1.165) is 17.1 Å². The van der Waals surface area contributed by atoms with Crippen LogP contribution in [0.1, 0.15) is 24.3 Å². The van der Waals surface area contributed by atoms with E-state index < -0.39 is 0 Å². The Hall–Kier alpha value is -3.05. The largest absolute Gasteiger partial charge is 0.491 e. The molecule has 0 saturated carbocycles. The van der Waals surface area contributed by atoms with Crippen LogP contribution in [0.3, 0.4) is 0 Å². The maximum absolute atomic E-state index is 12.5. The van der Waals surface area contributed by atoms with Crippen LogP contribution in [-0.4, -0.2) is 17.0 Å². The minimum absolute atomic E-state index is 0.102. The molecule has 138 valence electrons. The molecule has 2 N–H and O–H groups in total. The van der Waals surface area contributed by atoms with E-state index >= 15 is 0 Å². The number of benzene rings is 2. The minimum atomic E-state index is -0.285. The van der Waals surface area contributed by atoms with Crippen molar-refractivity contribution in [3.05, 3.63) is 77.6 Å². The lowest BCUT2D eigenvalue weighted by Crippen LogP contribution is -2.14. The Balaban J connectivity index is 1.67. The van der Waals surface area contributed by atoms with Crippen molar-refractivity contribution in [2.45, 2.75) is 20.0 Å². The van der Waals surface area contributed by atoms with Crippen molar-refractivity contribution >= 4 is 34.6 Å². The number of carbonyl (C=O) groups excluding carboxylic acids is 1. The van der Waals surface area contributed by atoms with Crippen molar-refractivity contribution in [2.75, 3.05) is 10.6 Å². The molecule has 0 saturated heterocycles. The van der Waals surface area contributed by atoms with Crippen LogP contribution in [0.5, 0.6) is 5.75 Å². The van der Waals surface area contributed by atoms with Crippen molar-refractivity contribution in [2.24, 2.45) is 0 Å². The van der Waals surface area contributed by atoms with Gasteiger partial charge in [-0.3, -0.25) is 9.78 Å². The van der Waals surface area contributed by atoms with E-state index in [2.05, 4.69) is 15.6 Å². The van der Waals surface area contributed by atoms with Gasteiger partial charge in [0.2, 0.25) is 0 Å². The van der Waals surface area contributed by atoms with Gasteiger partial charge in [0.1, 0.15) is 11.4 Å². The second-order valence-corrected chi connectivity index (χ2v) is 6.64. The van der Waals surface area contributed by atoms with Gasteiger partial charge in [0.05, 0.1) is 6.10 Å². The van der Waals surface area contributed by atoms with E-state index in [-0.39, 0.29) is 12.0 Å². The second-order valence-electron chi connectivity index (χ2n) is 6.21. The molecule has 0 atom stereocenters. The zero-order valence-corrected chi connectivity index (χ0v) is 15.8. The van der Waals surface area contributed by atoms with Gasteiger partial charge >= 0.3 is 0 Å². The van der Waals surface area contributed by atoms with Gasteiger partial charge in [-0.25, -0.2) is 0 Å². The maximum atomic E-state index is 12.5. The summed E-state index contributed by atoms with van der Waals surface area (Å²) in [6.07, 6.45) is 1.69. The second kappa shape index (κ2) is 8.56. The van der Waals surface area contributed by atoms with Crippen molar-refractivity contribution in [1.82, 2.24) is 4.98 Å². The zero-order valence-electron chi connectivity index (χ0n) is 15.1. The fraction of sp³-hybridized carbons (Fsp3) is 0.143. The molecule has 0 bridgehead atoms. The van der Waals surface area contributed by atoms with Gasteiger partial charge in [-0.1, -0.05) is 11.6 Å². The summed E-state index contributed by atoms with van der Waals surface area (Å²) in [5.41, 5.74) is 2.63. The van der Waals surface area contributed by atoms with Crippen LogP contribution in [0.2, 0.25) is 5.02 Å². The average molecular weight is 382 g/mol. The summed E-state index contributed by atoms with van der Waals surface area (Å²) in [4.78, 5) is 16.6. The molecule has 6 heteroatoms. The predicted octanol–water partition coefficient (Wildman–Crippen LogP) is 5.52. The van der Waals surface area contributed by atoms with Crippen molar-refractivity contribution in [1.29, 1.82) is 0 Å². The number of aromatic nitrogens is 1. The van der Waals surface area contributed by atoms with Gasteiger partial charge in [0.15, 0.2) is 0 Å². The van der Waals surface area contributed by atoms with Gasteiger partial charge in [0, 0.05) is 28.3 Å². The highest BCUT2D eigenvalue weighted by Crippen LogP contribution is 2.20. The number of anilines is 3. The summed E-state index contributed by atoms with van der Waals surface area (Å²) in [7, 11) is 0. The Morgan fingerprint density at radius 2 is 1.63 bits per heavy atom. The first-order valence-electron chi connectivity index (χ1n) is 8.56. The number of halogens is 1. The standard InChI is InChI=1S/C21H20ClN3O2/c1-14(2)27-19-9-7-17(8-10-19)25-21(26)20-13-18(11-12-23-20)24-16-5-3-15(22)4-6-16/h3-14H,1-2H3,(H,23,24)(H,25,26). The summed E-state index contributed by atoms with van der Waals surface area (Å²) < 4.78 is 5.60. The topological polar surface area (TPSA) is 63.2 Å². The fourth-order valence-electron chi connectivity index (χ4n) is 2.42. The van der Waals surface area contributed by atoms with Gasteiger partial charge in [-0.15, -0.1) is 0 Å². The monoisotopic (exact) mass is 381 g/mol. The molecule has 1 aromatic heterocycles. The lowest BCUT2D eigenvalue weighted by molar-refractivity contribution is 0.102. The Labute approximate surface area is 163 Å². The number of nitrogens with zero attached hydrogens (tertiary/aromatic N) is 1. The van der Waals surface area contributed by atoms with E-state index in [0.29, 0.717) is 16.4 Å². The molecule has 0 fully saturated rings. The molecule has 0 aliphatic rings. The van der Waals surface area contributed by atoms with Crippen LogP contribution >= 0.6 is 11.6 Å². The summed E-state index contributed by atoms with van der Waals surface area (Å²) in [6.45, 7) is 3.93. The van der Waals surface area contributed by atoms with Gasteiger partial charge in [0.25, 0.3) is 5.91 Å². The Bertz CT molecular complexity index is 909. The third-order valence-corrected chi connectivity index (χ3v) is 3.86. The number of nitrogens with one attached hydrogen (secondary N) is 2. The minimum Gasteiger partial charge on any atom is -0.491 e. The first kappa shape index (κ1) is 18.7. The van der Waals surface area contributed by atoms with Crippen molar-refractivity contribution in [3.63, 3.8) is 0 Å². The summed E-state index contributed by atoms with van der Waals surface area (Å²) >= 11 is 5.89. The highest BCUT2D eigenvalue weighted by molar-refractivity contribution is 6.30. The third kappa shape index (κ3) is 5.46. The SMILES string of the molecule is CC(C)Oc1ccc(NC(=O)c2cc(Nc3ccc(Cl)cc3)ccn2)cc1. The van der Waals surface area contributed by atoms with Crippen LogP contribution in [-0.2, 0) is 0 Å². The highest BCUT2D eigenvalue weighted by atomic mass is 35.5. The first-order chi connectivity index (χ1) is 13.0. The van der Waals surface area contributed by atoms with E-state index in [1.54, 1.807) is 42.6 Å². The van der Waals surface area contributed by atoms with E-state index in [9.17, 15) is 4.79 Å². The number of pyridine rings is 1. The highest BCUT2D eigenvalue weighted by Gasteiger charge is 2.09. The molecular weight excluding hydrogens is 362 g/mol. The van der Waals surface area contributed by atoms with Crippen LogP contribution in [0.15, 0.2) is 66.9 Å². The number of amides is 1. The quantitative estimate of drug-likeness (QED) is 0.590. The molecule has 0 unspecified atom stereocenters. The maximum Gasteiger partial charge on any atom is 0.274 e. The van der Waals surface area contributed by atoms with Crippen molar-refractivity contribution < 1.29 is 9.53 Å². The summed E-state index contributed by atoms with van der Waals surface area (Å²) in [6, 6.07) is 18.0.